The zero-order valence-corrected chi connectivity index (χ0v) is 11.5. The molecular formula is C13H22N2O4. The third-order valence-corrected chi connectivity index (χ3v) is 4.09. The van der Waals surface area contributed by atoms with Crippen molar-refractivity contribution in [3.05, 3.63) is 0 Å². The van der Waals surface area contributed by atoms with Crippen molar-refractivity contribution in [2.24, 2.45) is 11.8 Å². The minimum Gasteiger partial charge on any atom is -0.481 e. The Bertz CT molecular complexity index is 355. The van der Waals surface area contributed by atoms with Crippen LogP contribution < -0.4 is 5.32 Å². The summed E-state index contributed by atoms with van der Waals surface area (Å²) in [6.45, 7) is 5.35. The molecule has 2 N–H and O–H groups in total. The summed E-state index contributed by atoms with van der Waals surface area (Å²) in [5.41, 5.74) is 0. The lowest BCUT2D eigenvalue weighted by atomic mass is 9.99. The number of urea groups is 1. The summed E-state index contributed by atoms with van der Waals surface area (Å²) in [6, 6.07) is -0.215. The van der Waals surface area contributed by atoms with Crippen LogP contribution in [0, 0.1) is 11.8 Å². The number of nitrogens with zero attached hydrogens (tertiary/aromatic N) is 1. The minimum absolute atomic E-state index is 0.00119. The van der Waals surface area contributed by atoms with Crippen molar-refractivity contribution in [3.8, 4) is 0 Å². The lowest BCUT2D eigenvalue weighted by molar-refractivity contribution is -0.142. The quantitative estimate of drug-likeness (QED) is 0.799. The maximum Gasteiger partial charge on any atom is 0.317 e. The lowest BCUT2D eigenvalue weighted by Crippen LogP contribution is -2.47. The molecule has 4 unspecified atom stereocenters. The van der Waals surface area contributed by atoms with Crippen molar-refractivity contribution >= 4 is 12.0 Å². The Balaban J connectivity index is 1.85. The summed E-state index contributed by atoms with van der Waals surface area (Å²) >= 11 is 0. The van der Waals surface area contributed by atoms with Crippen LogP contribution in [0.2, 0.25) is 0 Å². The van der Waals surface area contributed by atoms with E-state index < -0.39 is 11.9 Å². The fourth-order valence-corrected chi connectivity index (χ4v) is 2.83. The highest BCUT2D eigenvalue weighted by molar-refractivity contribution is 5.77. The van der Waals surface area contributed by atoms with Gasteiger partial charge in [0.2, 0.25) is 0 Å². The molecule has 108 valence electrons. The molecule has 4 atom stereocenters. The number of carboxylic acids is 1. The van der Waals surface area contributed by atoms with Crippen LogP contribution in [0.15, 0.2) is 0 Å². The van der Waals surface area contributed by atoms with Gasteiger partial charge in [0.25, 0.3) is 0 Å². The molecule has 6 heteroatoms. The van der Waals surface area contributed by atoms with Crippen LogP contribution in [-0.2, 0) is 9.53 Å². The van der Waals surface area contributed by atoms with Gasteiger partial charge in [0.1, 0.15) is 0 Å². The molecule has 2 aliphatic rings. The van der Waals surface area contributed by atoms with Gasteiger partial charge in [-0.15, -0.1) is 0 Å². The molecule has 6 nitrogen and oxygen atoms in total. The molecular weight excluding hydrogens is 248 g/mol. The minimum atomic E-state index is -0.824. The average Bonchev–Trinajstić information content (AvgIpc) is 2.96. The second kappa shape index (κ2) is 5.77. The maximum atomic E-state index is 12.1. The van der Waals surface area contributed by atoms with Crippen molar-refractivity contribution < 1.29 is 19.4 Å². The second-order valence-corrected chi connectivity index (χ2v) is 5.62. The van der Waals surface area contributed by atoms with E-state index in [1.807, 2.05) is 13.8 Å². The average molecular weight is 270 g/mol. The first-order valence-corrected chi connectivity index (χ1v) is 6.89. The highest BCUT2D eigenvalue weighted by Crippen LogP contribution is 2.23. The van der Waals surface area contributed by atoms with Crippen molar-refractivity contribution in [2.45, 2.75) is 38.8 Å². The molecule has 2 fully saturated rings. The number of aliphatic carboxylic acids is 1. The summed E-state index contributed by atoms with van der Waals surface area (Å²) in [7, 11) is 0. The largest absolute Gasteiger partial charge is 0.481 e. The Hall–Kier alpha value is -1.30. The number of likely N-dealkylation sites (tertiary alicyclic amines) is 1. The van der Waals surface area contributed by atoms with Gasteiger partial charge < -0.3 is 20.1 Å². The van der Waals surface area contributed by atoms with E-state index in [2.05, 4.69) is 5.32 Å². The summed E-state index contributed by atoms with van der Waals surface area (Å²) in [4.78, 5) is 24.7. The molecule has 19 heavy (non-hydrogen) atoms. The Morgan fingerprint density at radius 2 is 2.16 bits per heavy atom. The van der Waals surface area contributed by atoms with Crippen molar-refractivity contribution in [2.75, 3.05) is 19.7 Å². The SMILES string of the molecule is CC1CN(C(=O)NC(C)C2CCCO2)CC1C(=O)O. The van der Waals surface area contributed by atoms with Crippen LogP contribution in [0.3, 0.4) is 0 Å². The molecule has 0 bridgehead atoms. The van der Waals surface area contributed by atoms with Gasteiger partial charge in [0.15, 0.2) is 0 Å². The van der Waals surface area contributed by atoms with Gasteiger partial charge in [-0.1, -0.05) is 6.92 Å². The highest BCUT2D eigenvalue weighted by Gasteiger charge is 2.37. The molecule has 0 aromatic carbocycles. The van der Waals surface area contributed by atoms with E-state index in [0.29, 0.717) is 13.1 Å². The van der Waals surface area contributed by atoms with Crippen LogP contribution in [0.4, 0.5) is 4.79 Å². The number of amides is 2. The van der Waals surface area contributed by atoms with Crippen molar-refractivity contribution in [1.29, 1.82) is 0 Å². The van der Waals surface area contributed by atoms with Gasteiger partial charge in [-0.05, 0) is 25.7 Å². The van der Waals surface area contributed by atoms with E-state index in [1.165, 1.54) is 0 Å². The molecule has 0 aromatic heterocycles. The molecule has 0 saturated carbocycles. The predicted octanol–water partition coefficient (Wildman–Crippen LogP) is 0.916. The Morgan fingerprint density at radius 1 is 1.42 bits per heavy atom. The topological polar surface area (TPSA) is 78.9 Å². The molecule has 2 heterocycles. The van der Waals surface area contributed by atoms with E-state index in [1.54, 1.807) is 4.90 Å². The zero-order chi connectivity index (χ0) is 14.0. The predicted molar refractivity (Wildman–Crippen MR) is 68.8 cm³/mol. The van der Waals surface area contributed by atoms with Crippen molar-refractivity contribution in [3.63, 3.8) is 0 Å². The Kier molecular flexibility index (Phi) is 4.29. The monoisotopic (exact) mass is 270 g/mol. The molecule has 0 radical (unpaired) electrons. The fourth-order valence-electron chi connectivity index (χ4n) is 2.83. The normalized spacial score (nSPS) is 32.3. The molecule has 2 amide bonds. The molecule has 0 aliphatic carbocycles. The summed E-state index contributed by atoms with van der Waals surface area (Å²) in [5, 5.41) is 12.0. The third-order valence-electron chi connectivity index (χ3n) is 4.09. The van der Waals surface area contributed by atoms with Crippen LogP contribution >= 0.6 is 0 Å². The van der Waals surface area contributed by atoms with Crippen molar-refractivity contribution in [1.82, 2.24) is 10.2 Å². The zero-order valence-electron chi connectivity index (χ0n) is 11.5. The fraction of sp³-hybridized carbons (Fsp3) is 0.846. The van der Waals surface area contributed by atoms with Gasteiger partial charge >= 0.3 is 12.0 Å². The van der Waals surface area contributed by atoms with Crippen LogP contribution in [-0.4, -0.2) is 53.8 Å². The molecule has 0 spiro atoms. The number of carbonyl (C=O) groups is 2. The first-order valence-electron chi connectivity index (χ1n) is 6.89. The lowest BCUT2D eigenvalue weighted by Gasteiger charge is -2.24. The molecule has 2 saturated heterocycles. The van der Waals surface area contributed by atoms with Gasteiger partial charge in [0.05, 0.1) is 18.1 Å². The van der Waals surface area contributed by atoms with E-state index in [0.717, 1.165) is 19.4 Å². The number of rotatable bonds is 3. The Morgan fingerprint density at radius 3 is 2.68 bits per heavy atom. The van der Waals surface area contributed by atoms with E-state index in [-0.39, 0.29) is 24.1 Å². The number of hydrogen-bond acceptors (Lipinski definition) is 3. The number of carboxylic acid groups (broad SMARTS) is 1. The number of carbonyl (C=O) groups excluding carboxylic acids is 1. The smallest absolute Gasteiger partial charge is 0.317 e. The number of ether oxygens (including phenoxy) is 1. The number of hydrogen-bond donors (Lipinski definition) is 2. The molecule has 2 aliphatic heterocycles. The maximum absolute atomic E-state index is 12.1. The summed E-state index contributed by atoms with van der Waals surface area (Å²) < 4.78 is 5.53. The second-order valence-electron chi connectivity index (χ2n) is 5.62. The number of nitrogens with one attached hydrogen (secondary N) is 1. The van der Waals surface area contributed by atoms with Gasteiger partial charge in [0, 0.05) is 19.7 Å². The molecule has 2 rings (SSSR count). The van der Waals surface area contributed by atoms with Gasteiger partial charge in [-0.2, -0.15) is 0 Å². The summed E-state index contributed by atoms with van der Waals surface area (Å²) in [5.74, 6) is -1.28. The first kappa shape index (κ1) is 14.1. The van der Waals surface area contributed by atoms with Crippen LogP contribution in [0.1, 0.15) is 26.7 Å². The Labute approximate surface area is 113 Å². The first-order chi connectivity index (χ1) is 8.99. The van der Waals surface area contributed by atoms with Gasteiger partial charge in [-0.25, -0.2) is 4.79 Å². The molecule has 0 aromatic rings. The van der Waals surface area contributed by atoms with Gasteiger partial charge in [-0.3, -0.25) is 4.79 Å². The highest BCUT2D eigenvalue weighted by atomic mass is 16.5. The summed E-state index contributed by atoms with van der Waals surface area (Å²) in [6.07, 6.45) is 2.08. The standard InChI is InChI=1S/C13H22N2O4/c1-8-6-15(7-10(8)12(16)17)13(18)14-9(2)11-4-3-5-19-11/h8-11H,3-7H2,1-2H3,(H,14,18)(H,16,17). The van der Waals surface area contributed by atoms with E-state index >= 15 is 0 Å². The van der Waals surface area contributed by atoms with E-state index in [9.17, 15) is 9.59 Å². The van der Waals surface area contributed by atoms with E-state index in [4.69, 9.17) is 9.84 Å². The van der Waals surface area contributed by atoms with Crippen LogP contribution in [0.5, 0.6) is 0 Å². The third kappa shape index (κ3) is 3.18. The van der Waals surface area contributed by atoms with Crippen LogP contribution in [0.25, 0.3) is 0 Å².